The summed E-state index contributed by atoms with van der Waals surface area (Å²) in [5.74, 6) is 1.57. The van der Waals surface area contributed by atoms with E-state index in [2.05, 4.69) is 11.9 Å². The van der Waals surface area contributed by atoms with Crippen molar-refractivity contribution in [1.82, 2.24) is 4.90 Å². The molecule has 2 N–H and O–H groups in total. The van der Waals surface area contributed by atoms with Crippen LogP contribution >= 0.6 is 0 Å². The zero-order valence-electron chi connectivity index (χ0n) is 12.1. The number of piperidine rings is 1. The molecule has 2 unspecified atom stereocenters. The first-order valence-electron chi connectivity index (χ1n) is 6.89. The standard InChI is InChI=1S/C15H24N2O2/c1-11(16)13-7-4-8-14(18-3)15(13)19-12-6-5-9-17(2)10-12/h4,7-8,11-12H,5-6,9-10,16H2,1-3H3. The van der Waals surface area contributed by atoms with Gasteiger partial charge in [0.15, 0.2) is 11.5 Å². The Morgan fingerprint density at radius 1 is 1.42 bits per heavy atom. The van der Waals surface area contributed by atoms with Crippen molar-refractivity contribution in [3.63, 3.8) is 0 Å². The molecule has 0 saturated carbocycles. The second-order valence-corrected chi connectivity index (χ2v) is 5.31. The third-order valence-electron chi connectivity index (χ3n) is 3.59. The summed E-state index contributed by atoms with van der Waals surface area (Å²) in [6.07, 6.45) is 2.47. The number of nitrogens with zero attached hydrogens (tertiary/aromatic N) is 1. The van der Waals surface area contributed by atoms with Crippen LogP contribution in [0.15, 0.2) is 18.2 Å². The van der Waals surface area contributed by atoms with Gasteiger partial charge in [0.1, 0.15) is 6.10 Å². The first kappa shape index (κ1) is 14.2. The monoisotopic (exact) mass is 264 g/mol. The average molecular weight is 264 g/mol. The summed E-state index contributed by atoms with van der Waals surface area (Å²) in [6, 6.07) is 5.83. The number of hydrogen-bond donors (Lipinski definition) is 1. The van der Waals surface area contributed by atoms with E-state index >= 15 is 0 Å². The van der Waals surface area contributed by atoms with E-state index < -0.39 is 0 Å². The van der Waals surface area contributed by atoms with Crippen LogP contribution in [-0.4, -0.2) is 38.3 Å². The molecule has 2 rings (SSSR count). The van der Waals surface area contributed by atoms with Crippen LogP contribution in [-0.2, 0) is 0 Å². The molecule has 4 heteroatoms. The van der Waals surface area contributed by atoms with E-state index in [1.165, 1.54) is 6.42 Å². The summed E-state index contributed by atoms with van der Waals surface area (Å²) in [7, 11) is 3.80. The van der Waals surface area contributed by atoms with Gasteiger partial charge in [-0.15, -0.1) is 0 Å². The maximum Gasteiger partial charge on any atom is 0.166 e. The van der Waals surface area contributed by atoms with Gasteiger partial charge in [-0.1, -0.05) is 12.1 Å². The van der Waals surface area contributed by atoms with Crippen molar-refractivity contribution in [2.24, 2.45) is 5.73 Å². The highest BCUT2D eigenvalue weighted by Gasteiger charge is 2.22. The summed E-state index contributed by atoms with van der Waals surface area (Å²) in [5, 5.41) is 0. The van der Waals surface area contributed by atoms with E-state index in [4.69, 9.17) is 15.2 Å². The number of benzene rings is 1. The van der Waals surface area contributed by atoms with Crippen LogP contribution in [0.2, 0.25) is 0 Å². The maximum atomic E-state index is 6.19. The number of nitrogens with two attached hydrogens (primary N) is 1. The number of para-hydroxylation sites is 1. The highest BCUT2D eigenvalue weighted by Crippen LogP contribution is 2.35. The largest absolute Gasteiger partial charge is 0.493 e. The van der Waals surface area contributed by atoms with Crippen LogP contribution in [0.1, 0.15) is 31.4 Å². The highest BCUT2D eigenvalue weighted by molar-refractivity contribution is 5.48. The number of likely N-dealkylation sites (N-methyl/N-ethyl adjacent to an activating group) is 1. The van der Waals surface area contributed by atoms with E-state index in [0.29, 0.717) is 0 Å². The molecule has 0 amide bonds. The normalized spacial score (nSPS) is 22.0. The van der Waals surface area contributed by atoms with Gasteiger partial charge in [-0.2, -0.15) is 0 Å². The first-order valence-corrected chi connectivity index (χ1v) is 6.89. The van der Waals surface area contributed by atoms with Crippen LogP contribution in [0.4, 0.5) is 0 Å². The Labute approximate surface area is 115 Å². The molecule has 1 aliphatic rings. The van der Waals surface area contributed by atoms with E-state index in [9.17, 15) is 0 Å². The topological polar surface area (TPSA) is 47.7 Å². The van der Waals surface area contributed by atoms with Crippen LogP contribution in [0, 0.1) is 0 Å². The molecule has 0 aliphatic carbocycles. The SMILES string of the molecule is COc1cccc(C(C)N)c1OC1CCCN(C)C1. The maximum absolute atomic E-state index is 6.19. The molecule has 1 heterocycles. The Kier molecular flexibility index (Phi) is 4.66. The second-order valence-electron chi connectivity index (χ2n) is 5.31. The van der Waals surface area contributed by atoms with Gasteiger partial charge in [0.05, 0.1) is 7.11 Å². The molecule has 0 bridgehead atoms. The predicted octanol–water partition coefficient (Wildman–Crippen LogP) is 2.19. The molecule has 0 radical (unpaired) electrons. The molecule has 1 aliphatic heterocycles. The zero-order valence-corrected chi connectivity index (χ0v) is 12.1. The second kappa shape index (κ2) is 6.26. The minimum atomic E-state index is -0.0635. The van der Waals surface area contributed by atoms with Crippen molar-refractivity contribution in [1.29, 1.82) is 0 Å². The van der Waals surface area contributed by atoms with Crippen molar-refractivity contribution in [3.8, 4) is 11.5 Å². The van der Waals surface area contributed by atoms with Crippen molar-refractivity contribution in [2.75, 3.05) is 27.2 Å². The molecule has 2 atom stereocenters. The predicted molar refractivity (Wildman–Crippen MR) is 76.7 cm³/mol. The molecule has 19 heavy (non-hydrogen) atoms. The summed E-state index contributed by atoms with van der Waals surface area (Å²) in [4.78, 5) is 2.30. The number of hydrogen-bond acceptors (Lipinski definition) is 4. The van der Waals surface area contributed by atoms with Crippen molar-refractivity contribution < 1.29 is 9.47 Å². The number of rotatable bonds is 4. The fraction of sp³-hybridized carbons (Fsp3) is 0.600. The average Bonchev–Trinajstić information content (AvgIpc) is 2.38. The Morgan fingerprint density at radius 3 is 2.84 bits per heavy atom. The third-order valence-corrected chi connectivity index (χ3v) is 3.59. The number of ether oxygens (including phenoxy) is 2. The van der Waals surface area contributed by atoms with E-state index in [1.54, 1.807) is 7.11 Å². The summed E-state index contributed by atoms with van der Waals surface area (Å²) in [5.41, 5.74) is 7.03. The number of likely N-dealkylation sites (tertiary alicyclic amines) is 1. The molecule has 1 aromatic carbocycles. The highest BCUT2D eigenvalue weighted by atomic mass is 16.5. The summed E-state index contributed by atoms with van der Waals surface area (Å²) < 4.78 is 11.6. The van der Waals surface area contributed by atoms with Crippen LogP contribution in [0.5, 0.6) is 11.5 Å². The molecule has 1 aromatic rings. The minimum Gasteiger partial charge on any atom is -0.493 e. The van der Waals surface area contributed by atoms with Gasteiger partial charge < -0.3 is 20.1 Å². The van der Waals surface area contributed by atoms with E-state index in [0.717, 1.165) is 36.6 Å². The van der Waals surface area contributed by atoms with Gasteiger partial charge in [-0.05, 0) is 39.4 Å². The Bertz CT molecular complexity index is 421. The molecule has 1 fully saturated rings. The quantitative estimate of drug-likeness (QED) is 0.905. The fourth-order valence-corrected chi connectivity index (χ4v) is 2.56. The lowest BCUT2D eigenvalue weighted by Crippen LogP contribution is -2.38. The Balaban J connectivity index is 2.22. The molecule has 0 spiro atoms. The smallest absolute Gasteiger partial charge is 0.166 e. The molecular formula is C15H24N2O2. The first-order chi connectivity index (χ1) is 9.11. The molecule has 106 valence electrons. The van der Waals surface area contributed by atoms with Gasteiger partial charge in [0.2, 0.25) is 0 Å². The van der Waals surface area contributed by atoms with Crippen molar-refractivity contribution >= 4 is 0 Å². The fourth-order valence-electron chi connectivity index (χ4n) is 2.56. The molecule has 0 aromatic heterocycles. The van der Waals surface area contributed by atoms with Crippen molar-refractivity contribution in [3.05, 3.63) is 23.8 Å². The molecule has 4 nitrogen and oxygen atoms in total. The number of methoxy groups -OCH3 is 1. The van der Waals surface area contributed by atoms with Crippen LogP contribution in [0.25, 0.3) is 0 Å². The summed E-state index contributed by atoms with van der Waals surface area (Å²) in [6.45, 7) is 4.07. The van der Waals surface area contributed by atoms with Crippen molar-refractivity contribution in [2.45, 2.75) is 31.9 Å². The molecule has 1 saturated heterocycles. The zero-order chi connectivity index (χ0) is 13.8. The van der Waals surface area contributed by atoms with Gasteiger partial charge in [0.25, 0.3) is 0 Å². The molecular weight excluding hydrogens is 240 g/mol. The van der Waals surface area contributed by atoms with Gasteiger partial charge in [-0.25, -0.2) is 0 Å². The lowest BCUT2D eigenvalue weighted by Gasteiger charge is -2.31. The van der Waals surface area contributed by atoms with Gasteiger partial charge in [-0.3, -0.25) is 0 Å². The summed E-state index contributed by atoms with van der Waals surface area (Å²) >= 11 is 0. The Hall–Kier alpha value is -1.26. The minimum absolute atomic E-state index is 0.0635. The Morgan fingerprint density at radius 2 is 2.21 bits per heavy atom. The van der Waals surface area contributed by atoms with Gasteiger partial charge in [0, 0.05) is 18.2 Å². The van der Waals surface area contributed by atoms with Crippen LogP contribution in [0.3, 0.4) is 0 Å². The van der Waals surface area contributed by atoms with E-state index in [1.807, 2.05) is 25.1 Å². The lowest BCUT2D eigenvalue weighted by atomic mass is 10.1. The van der Waals surface area contributed by atoms with E-state index in [-0.39, 0.29) is 12.1 Å². The van der Waals surface area contributed by atoms with Crippen LogP contribution < -0.4 is 15.2 Å². The van der Waals surface area contributed by atoms with Gasteiger partial charge >= 0.3 is 0 Å². The third kappa shape index (κ3) is 3.39. The lowest BCUT2D eigenvalue weighted by molar-refractivity contribution is 0.0999.